The van der Waals surface area contributed by atoms with Crippen LogP contribution >= 0.6 is 0 Å². The molecule has 2 heterocycles. The van der Waals surface area contributed by atoms with Crippen LogP contribution in [0, 0.1) is 30.1 Å². The molecule has 1 aliphatic rings. The zero-order valence-corrected chi connectivity index (χ0v) is 13.1. The second-order valence-corrected chi connectivity index (χ2v) is 6.36. The average Bonchev–Trinajstić information content (AvgIpc) is 2.54. The summed E-state index contributed by atoms with van der Waals surface area (Å²) in [5.41, 5.74) is 2.57. The first-order valence-corrected chi connectivity index (χ1v) is 7.79. The van der Waals surface area contributed by atoms with Gasteiger partial charge in [-0.2, -0.15) is 5.26 Å². The summed E-state index contributed by atoms with van der Waals surface area (Å²) >= 11 is 0. The number of anilines is 1. The smallest absolute Gasteiger partial charge is 0.147 e. The third-order valence-corrected chi connectivity index (χ3v) is 4.55. The summed E-state index contributed by atoms with van der Waals surface area (Å²) < 4.78 is 0. The molecule has 0 bridgehead atoms. The number of aliphatic hydroxyl groups is 1. The summed E-state index contributed by atoms with van der Waals surface area (Å²) in [5, 5.41) is 20.2. The molecule has 4 nitrogen and oxygen atoms in total. The monoisotopic (exact) mass is 295 g/mol. The summed E-state index contributed by atoms with van der Waals surface area (Å²) in [6, 6.07) is 10.3. The maximum atomic E-state index is 9.61. The summed E-state index contributed by atoms with van der Waals surface area (Å²) in [7, 11) is 0. The number of nitriles is 1. The molecule has 0 saturated carbocycles. The number of hydrogen-bond acceptors (Lipinski definition) is 4. The molecule has 1 aromatic carbocycles. The van der Waals surface area contributed by atoms with Crippen molar-refractivity contribution in [3.63, 3.8) is 0 Å². The molecule has 0 amide bonds. The number of aryl methyl sites for hydroxylation is 1. The number of fused-ring (bicyclic) bond motifs is 1. The molecule has 2 atom stereocenters. The van der Waals surface area contributed by atoms with E-state index in [1.165, 1.54) is 0 Å². The predicted molar refractivity (Wildman–Crippen MR) is 87.8 cm³/mol. The lowest BCUT2D eigenvalue weighted by molar-refractivity contribution is 0.189. The fraction of sp³-hybridized carbons (Fsp3) is 0.444. The highest BCUT2D eigenvalue weighted by Gasteiger charge is 2.27. The van der Waals surface area contributed by atoms with Crippen LogP contribution in [-0.4, -0.2) is 29.8 Å². The maximum Gasteiger partial charge on any atom is 0.147 e. The molecule has 114 valence electrons. The van der Waals surface area contributed by atoms with Gasteiger partial charge in [-0.15, -0.1) is 0 Å². The number of benzene rings is 1. The number of rotatable bonds is 2. The molecule has 0 aliphatic carbocycles. The number of pyridine rings is 1. The summed E-state index contributed by atoms with van der Waals surface area (Å²) in [6.07, 6.45) is 1.03. The molecule has 4 heteroatoms. The molecule has 2 unspecified atom stereocenters. The van der Waals surface area contributed by atoms with Crippen LogP contribution in [-0.2, 0) is 0 Å². The maximum absolute atomic E-state index is 9.61. The molecule has 1 saturated heterocycles. The van der Waals surface area contributed by atoms with Crippen LogP contribution in [0.3, 0.4) is 0 Å². The Morgan fingerprint density at radius 2 is 2.14 bits per heavy atom. The quantitative estimate of drug-likeness (QED) is 0.925. The van der Waals surface area contributed by atoms with Crippen molar-refractivity contribution in [1.82, 2.24) is 4.98 Å². The third-order valence-electron chi connectivity index (χ3n) is 4.55. The molecule has 1 aliphatic heterocycles. The molecule has 1 fully saturated rings. The first kappa shape index (κ1) is 14.8. The highest BCUT2D eigenvalue weighted by Crippen LogP contribution is 2.31. The number of para-hydroxylation sites is 1. The van der Waals surface area contributed by atoms with Crippen LogP contribution in [0.2, 0.25) is 0 Å². The molecular weight excluding hydrogens is 274 g/mol. The van der Waals surface area contributed by atoms with Crippen molar-refractivity contribution >= 4 is 16.7 Å². The van der Waals surface area contributed by atoms with E-state index >= 15 is 0 Å². The third kappa shape index (κ3) is 2.53. The summed E-state index contributed by atoms with van der Waals surface area (Å²) in [5.74, 6) is 1.51. The second-order valence-electron chi connectivity index (χ2n) is 6.36. The van der Waals surface area contributed by atoms with Crippen molar-refractivity contribution in [2.24, 2.45) is 11.8 Å². The van der Waals surface area contributed by atoms with Gasteiger partial charge in [0.05, 0.1) is 11.1 Å². The lowest BCUT2D eigenvalue weighted by atomic mass is 9.90. The topological polar surface area (TPSA) is 60.2 Å². The summed E-state index contributed by atoms with van der Waals surface area (Å²) in [6.45, 7) is 6.02. The minimum absolute atomic E-state index is 0.190. The van der Waals surface area contributed by atoms with Gasteiger partial charge in [-0.05, 0) is 36.8 Å². The van der Waals surface area contributed by atoms with Crippen LogP contribution in [0.15, 0.2) is 24.3 Å². The van der Waals surface area contributed by atoms with E-state index in [0.717, 1.165) is 41.8 Å². The number of hydrogen-bond donors (Lipinski definition) is 1. The van der Waals surface area contributed by atoms with E-state index in [0.29, 0.717) is 11.5 Å². The number of nitrogens with zero attached hydrogens (tertiary/aromatic N) is 3. The highest BCUT2D eigenvalue weighted by atomic mass is 16.3. The zero-order chi connectivity index (χ0) is 15.7. The predicted octanol–water partition coefficient (Wildman–Crippen LogP) is 2.87. The SMILES string of the molecule is Cc1c(C#N)c(N2CC(C)CC(CO)C2)nc2ccccc12. The van der Waals surface area contributed by atoms with E-state index in [9.17, 15) is 10.4 Å². The zero-order valence-electron chi connectivity index (χ0n) is 13.1. The largest absolute Gasteiger partial charge is 0.396 e. The normalized spacial score (nSPS) is 21.8. The van der Waals surface area contributed by atoms with Crippen LogP contribution in [0.1, 0.15) is 24.5 Å². The first-order valence-electron chi connectivity index (χ1n) is 7.79. The molecule has 3 rings (SSSR count). The fourth-order valence-corrected chi connectivity index (χ4v) is 3.51. The van der Waals surface area contributed by atoms with Gasteiger partial charge in [-0.1, -0.05) is 25.1 Å². The Balaban J connectivity index is 2.11. The minimum atomic E-state index is 0.190. The lowest BCUT2D eigenvalue weighted by Crippen LogP contribution is -2.41. The van der Waals surface area contributed by atoms with E-state index in [1.54, 1.807) is 0 Å². The van der Waals surface area contributed by atoms with E-state index < -0.39 is 0 Å². The van der Waals surface area contributed by atoms with Crippen molar-refractivity contribution in [3.05, 3.63) is 35.4 Å². The van der Waals surface area contributed by atoms with Crippen LogP contribution in [0.5, 0.6) is 0 Å². The molecule has 22 heavy (non-hydrogen) atoms. The van der Waals surface area contributed by atoms with Crippen molar-refractivity contribution < 1.29 is 5.11 Å². The van der Waals surface area contributed by atoms with Gasteiger partial charge in [0.25, 0.3) is 0 Å². The molecule has 1 N–H and O–H groups in total. The van der Waals surface area contributed by atoms with E-state index in [4.69, 9.17) is 4.98 Å². The second kappa shape index (κ2) is 5.94. The van der Waals surface area contributed by atoms with Gasteiger partial charge in [-0.25, -0.2) is 4.98 Å². The van der Waals surface area contributed by atoms with E-state index in [2.05, 4.69) is 17.9 Å². The van der Waals surface area contributed by atoms with Gasteiger partial charge in [0.15, 0.2) is 0 Å². The Bertz CT molecular complexity index is 735. The van der Waals surface area contributed by atoms with Crippen LogP contribution < -0.4 is 4.90 Å². The van der Waals surface area contributed by atoms with Crippen LogP contribution in [0.25, 0.3) is 10.9 Å². The lowest BCUT2D eigenvalue weighted by Gasteiger charge is -2.37. The molecule has 1 aromatic heterocycles. The first-order chi connectivity index (χ1) is 10.6. The Morgan fingerprint density at radius 1 is 1.36 bits per heavy atom. The number of aromatic nitrogens is 1. The van der Waals surface area contributed by atoms with Gasteiger partial charge in [-0.3, -0.25) is 0 Å². The Hall–Kier alpha value is -2.12. The van der Waals surface area contributed by atoms with E-state index in [1.807, 2.05) is 31.2 Å². The van der Waals surface area contributed by atoms with Gasteiger partial charge in [0.1, 0.15) is 11.9 Å². The van der Waals surface area contributed by atoms with E-state index in [-0.39, 0.29) is 12.5 Å². The van der Waals surface area contributed by atoms with Gasteiger partial charge >= 0.3 is 0 Å². The van der Waals surface area contributed by atoms with Crippen LogP contribution in [0.4, 0.5) is 5.82 Å². The highest BCUT2D eigenvalue weighted by molar-refractivity contribution is 5.87. The Morgan fingerprint density at radius 3 is 2.86 bits per heavy atom. The van der Waals surface area contributed by atoms with Crippen molar-refractivity contribution in [3.8, 4) is 6.07 Å². The number of aliphatic hydroxyl groups excluding tert-OH is 1. The Kier molecular flexibility index (Phi) is 4.00. The standard InChI is InChI=1S/C18H21N3O/c1-12-7-14(11-22)10-21(9-12)18-16(8-19)13(2)15-5-3-4-6-17(15)20-18/h3-6,12,14,22H,7,9-11H2,1-2H3. The van der Waals surface area contributed by atoms with Gasteiger partial charge < -0.3 is 10.0 Å². The number of piperidine rings is 1. The van der Waals surface area contributed by atoms with Crippen molar-refractivity contribution in [2.45, 2.75) is 20.3 Å². The molecule has 2 aromatic rings. The average molecular weight is 295 g/mol. The van der Waals surface area contributed by atoms with Gasteiger partial charge in [0.2, 0.25) is 0 Å². The fourth-order valence-electron chi connectivity index (χ4n) is 3.51. The molecule has 0 spiro atoms. The minimum Gasteiger partial charge on any atom is -0.396 e. The molecule has 0 radical (unpaired) electrons. The van der Waals surface area contributed by atoms with Crippen molar-refractivity contribution in [2.75, 3.05) is 24.6 Å². The summed E-state index contributed by atoms with van der Waals surface area (Å²) in [4.78, 5) is 6.93. The van der Waals surface area contributed by atoms with Gasteiger partial charge in [0, 0.05) is 25.1 Å². The van der Waals surface area contributed by atoms with Crippen molar-refractivity contribution in [1.29, 1.82) is 5.26 Å². The Labute approximate surface area is 131 Å². The molecular formula is C18H21N3O.